The third-order valence-electron chi connectivity index (χ3n) is 14.6. The Labute approximate surface area is 407 Å². The van der Waals surface area contributed by atoms with Crippen LogP contribution in [0.2, 0.25) is 0 Å². The van der Waals surface area contributed by atoms with Crippen LogP contribution in [0.15, 0.2) is 36.4 Å². The van der Waals surface area contributed by atoms with E-state index in [0.717, 1.165) is 5.69 Å². The SMILES string of the molecule is COc1cccc2c1C(=O)c1c(O)c3c(c(O)c1C2=O)C[C@](O)(C(=O)CO)C[C@H]3O[C@@H]1C[C@@H](NC(=O)O[C@H]2CC[C@H](Nc3cc(-n4nc(C)c5c4CC(C)(C)CC5=O)ccc3C(N)=O)CC2)[C@@H](O)[C@@H](C)O1. The number of nitrogens with zero attached hydrogens (tertiary/aromatic N) is 2. The first-order valence-electron chi connectivity index (χ1n) is 23.7. The lowest BCUT2D eigenvalue weighted by atomic mass is 9.72. The molecule has 1 aromatic heterocycles. The molecule has 2 amide bonds. The van der Waals surface area contributed by atoms with Gasteiger partial charge in [-0.1, -0.05) is 26.0 Å². The predicted molar refractivity (Wildman–Crippen MR) is 250 cm³/mol. The number of aliphatic hydroxyl groups excluding tert-OH is 2. The fourth-order valence-electron chi connectivity index (χ4n) is 11.1. The number of anilines is 1. The van der Waals surface area contributed by atoms with Crippen LogP contribution in [0.1, 0.15) is 147 Å². The van der Waals surface area contributed by atoms with Crippen molar-refractivity contribution in [3.8, 4) is 22.9 Å². The third kappa shape index (κ3) is 8.81. The number of methoxy groups -OCH3 is 1. The lowest BCUT2D eigenvalue weighted by molar-refractivity contribution is -0.249. The smallest absolute Gasteiger partial charge is 0.407 e. The van der Waals surface area contributed by atoms with Gasteiger partial charge in [0.25, 0.3) is 5.91 Å². The van der Waals surface area contributed by atoms with Gasteiger partial charge in [0.1, 0.15) is 41.7 Å². The minimum atomic E-state index is -2.38. The molecule has 1 aliphatic heterocycles. The quantitative estimate of drug-likeness (QED) is 0.0869. The monoisotopic (exact) mass is 979 g/mol. The molecule has 0 spiro atoms. The number of carbonyl (C=O) groups excluding carboxylic acids is 6. The number of hydrogen-bond acceptors (Lipinski definition) is 17. The summed E-state index contributed by atoms with van der Waals surface area (Å²) in [5.74, 6) is -4.75. The highest BCUT2D eigenvalue weighted by molar-refractivity contribution is 6.31. The molecule has 0 unspecified atom stereocenters. The molecule has 1 saturated carbocycles. The summed E-state index contributed by atoms with van der Waals surface area (Å²) in [5.41, 5.74) is 4.89. The van der Waals surface area contributed by atoms with Crippen LogP contribution >= 0.6 is 0 Å². The molecule has 376 valence electrons. The van der Waals surface area contributed by atoms with Crippen molar-refractivity contribution in [3.63, 3.8) is 0 Å². The van der Waals surface area contributed by atoms with Crippen molar-refractivity contribution >= 4 is 40.8 Å². The molecule has 20 nitrogen and oxygen atoms in total. The van der Waals surface area contributed by atoms with E-state index in [-0.39, 0.29) is 57.2 Å². The second kappa shape index (κ2) is 18.5. The van der Waals surface area contributed by atoms with Crippen molar-refractivity contribution in [2.75, 3.05) is 19.0 Å². The number of aryl methyl sites for hydroxylation is 1. The Hall–Kier alpha value is -6.71. The van der Waals surface area contributed by atoms with E-state index in [1.165, 1.54) is 32.2 Å². The van der Waals surface area contributed by atoms with E-state index < -0.39 is 114 Å². The fourth-order valence-corrected chi connectivity index (χ4v) is 11.1. The summed E-state index contributed by atoms with van der Waals surface area (Å²) >= 11 is 0. The highest BCUT2D eigenvalue weighted by Crippen LogP contribution is 2.53. The standard InChI is InChI=1S/C51H57N5O15/c1-22-38-32(18-50(3,4)19-33(38)58)56(55-22)25-11-14-27(48(52)65)30(15-25)53-24-9-12-26(13-10-24)70-49(66)54-31-16-37(69-23(2)43(31)60)71-35-20-51(67,36(59)21-57)17-29-40(35)47(64)42-41(45(29)62)44(61)28-7-6-8-34(68-5)39(28)46(42)63/h6-8,11,14-15,23-24,26,31,35,37,43,53,57,60,62,64,67H,9-10,12-13,16-21H2,1-5H3,(H2,52,65)(H,54,66)/t23-,24-,26-,31-,35-,37-,43+,51-/m1/s1. The average Bonchev–Trinajstić information content (AvgIpc) is 3.65. The number of rotatable bonds is 11. The van der Waals surface area contributed by atoms with Crippen molar-refractivity contribution < 1.29 is 73.2 Å². The van der Waals surface area contributed by atoms with Crippen molar-refractivity contribution in [2.24, 2.45) is 11.1 Å². The molecule has 0 radical (unpaired) electrons. The van der Waals surface area contributed by atoms with Crippen LogP contribution in [0.25, 0.3) is 5.69 Å². The molecule has 4 aliphatic carbocycles. The lowest BCUT2D eigenvalue weighted by Crippen LogP contribution is -2.56. The maximum Gasteiger partial charge on any atom is 0.407 e. The second-order valence-corrected chi connectivity index (χ2v) is 20.1. The van der Waals surface area contributed by atoms with Crippen LogP contribution < -0.4 is 21.1 Å². The number of benzene rings is 3. The van der Waals surface area contributed by atoms with Crippen LogP contribution in [0.3, 0.4) is 0 Å². The first-order valence-corrected chi connectivity index (χ1v) is 23.7. The van der Waals surface area contributed by atoms with Gasteiger partial charge >= 0.3 is 6.09 Å². The van der Waals surface area contributed by atoms with Gasteiger partial charge in [0.05, 0.1) is 70.3 Å². The molecule has 1 saturated heterocycles. The number of aromatic hydroxyl groups is 2. The number of primary amides is 1. The average molecular weight is 980 g/mol. The molecule has 9 N–H and O–H groups in total. The molecule has 5 aliphatic rings. The molecular weight excluding hydrogens is 923 g/mol. The molecule has 4 aromatic rings. The van der Waals surface area contributed by atoms with Crippen LogP contribution in [-0.2, 0) is 31.8 Å². The number of phenols is 2. The Balaban J connectivity index is 0.880. The molecule has 20 heteroatoms. The Morgan fingerprint density at radius 1 is 0.958 bits per heavy atom. The number of ketones is 4. The molecule has 6 atom stereocenters. The maximum atomic E-state index is 14.1. The Morgan fingerprint density at radius 3 is 2.37 bits per heavy atom. The number of phenolic OH excluding ortho intramolecular Hbond substituents is 2. The summed E-state index contributed by atoms with van der Waals surface area (Å²) in [6.45, 7) is 6.32. The van der Waals surface area contributed by atoms with Gasteiger partial charge in [0.2, 0.25) is 5.78 Å². The number of nitrogens with two attached hydrogens (primary N) is 1. The predicted octanol–water partition coefficient (Wildman–Crippen LogP) is 3.94. The topological polar surface area (TPSA) is 308 Å². The first-order chi connectivity index (χ1) is 33.6. The van der Waals surface area contributed by atoms with Gasteiger partial charge in [-0.15, -0.1) is 0 Å². The van der Waals surface area contributed by atoms with E-state index in [1.807, 2.05) is 20.8 Å². The normalized spacial score (nSPS) is 26.6. The van der Waals surface area contributed by atoms with E-state index in [9.17, 15) is 54.3 Å². The zero-order valence-electron chi connectivity index (χ0n) is 39.9. The summed E-state index contributed by atoms with van der Waals surface area (Å²) in [6, 6.07) is 8.32. The fraction of sp³-hybridized carbons (Fsp3) is 0.471. The molecular formula is C51H57N5O15. The summed E-state index contributed by atoms with van der Waals surface area (Å²) in [7, 11) is 1.30. The van der Waals surface area contributed by atoms with E-state index in [4.69, 9.17) is 29.8 Å². The van der Waals surface area contributed by atoms with E-state index in [2.05, 4.69) is 10.6 Å². The summed E-state index contributed by atoms with van der Waals surface area (Å²) in [6.07, 6.45) is -4.82. The zero-order valence-corrected chi connectivity index (χ0v) is 39.9. The largest absolute Gasteiger partial charge is 0.507 e. The Bertz CT molecular complexity index is 2900. The first kappa shape index (κ1) is 49.3. The van der Waals surface area contributed by atoms with Crippen molar-refractivity contribution in [1.82, 2.24) is 15.1 Å². The minimum absolute atomic E-state index is 0.0468. The Kier molecular flexibility index (Phi) is 12.8. The van der Waals surface area contributed by atoms with Gasteiger partial charge < -0.3 is 60.8 Å². The molecule has 9 rings (SSSR count). The molecule has 71 heavy (non-hydrogen) atoms. The summed E-state index contributed by atoms with van der Waals surface area (Å²) in [5, 5.41) is 67.2. The Morgan fingerprint density at radius 2 is 1.68 bits per heavy atom. The van der Waals surface area contributed by atoms with Gasteiger partial charge in [0, 0.05) is 54.1 Å². The van der Waals surface area contributed by atoms with Crippen LogP contribution in [-0.4, -0.2) is 126 Å². The molecule has 2 fully saturated rings. The number of alkyl carbamates (subject to hydrolysis) is 1. The highest BCUT2D eigenvalue weighted by atomic mass is 16.7. The molecule has 0 bridgehead atoms. The number of ether oxygens (including phenoxy) is 4. The van der Waals surface area contributed by atoms with E-state index in [1.54, 1.807) is 22.9 Å². The van der Waals surface area contributed by atoms with Gasteiger partial charge in [-0.2, -0.15) is 5.10 Å². The van der Waals surface area contributed by atoms with E-state index >= 15 is 0 Å². The number of amides is 2. The van der Waals surface area contributed by atoms with E-state index in [0.29, 0.717) is 61.2 Å². The van der Waals surface area contributed by atoms with Crippen molar-refractivity contribution in [2.45, 2.75) is 134 Å². The van der Waals surface area contributed by atoms with Crippen molar-refractivity contribution in [1.29, 1.82) is 0 Å². The number of nitrogens with one attached hydrogen (secondary N) is 2. The zero-order chi connectivity index (χ0) is 51.0. The van der Waals surface area contributed by atoms with Crippen LogP contribution in [0.4, 0.5) is 10.5 Å². The molecule has 2 heterocycles. The van der Waals surface area contributed by atoms with Gasteiger partial charge in [-0.05, 0) is 75.6 Å². The third-order valence-corrected chi connectivity index (χ3v) is 14.6. The summed E-state index contributed by atoms with van der Waals surface area (Å²) in [4.78, 5) is 80.2. The number of carbonyl (C=O) groups is 6. The highest BCUT2D eigenvalue weighted by Gasteiger charge is 2.51. The van der Waals surface area contributed by atoms with Crippen LogP contribution in [0.5, 0.6) is 17.2 Å². The van der Waals surface area contributed by atoms with Gasteiger partial charge in [0.15, 0.2) is 23.6 Å². The van der Waals surface area contributed by atoms with Gasteiger partial charge in [-0.25, -0.2) is 9.48 Å². The molecule has 3 aromatic carbocycles. The second-order valence-electron chi connectivity index (χ2n) is 20.1. The minimum Gasteiger partial charge on any atom is -0.507 e. The van der Waals surface area contributed by atoms with Crippen molar-refractivity contribution in [3.05, 3.63) is 92.3 Å². The number of fused-ring (bicyclic) bond motifs is 4. The maximum absolute atomic E-state index is 14.1. The number of Topliss-reactive ketones (excluding diaryl/α,β-unsaturated/α-hetero) is 2. The van der Waals surface area contributed by atoms with Crippen LogP contribution in [0, 0.1) is 12.3 Å². The number of aliphatic hydroxyl groups is 3. The number of aromatic nitrogens is 2. The summed E-state index contributed by atoms with van der Waals surface area (Å²) < 4.78 is 25.2. The number of hydrogen-bond donors (Lipinski definition) is 8. The lowest BCUT2D eigenvalue weighted by Gasteiger charge is -2.42. The van der Waals surface area contributed by atoms with Gasteiger partial charge in [-0.3, -0.25) is 24.0 Å².